The third-order valence-electron chi connectivity index (χ3n) is 2.65. The van der Waals surface area contributed by atoms with E-state index in [1.165, 1.54) is 5.56 Å². The first-order valence-corrected chi connectivity index (χ1v) is 5.37. The summed E-state index contributed by atoms with van der Waals surface area (Å²) in [5.41, 5.74) is 8.62. The topological polar surface area (TPSA) is 46.2 Å². The maximum absolute atomic E-state index is 9.61. The molecule has 0 radical (unpaired) electrons. The quantitative estimate of drug-likeness (QED) is 0.770. The van der Waals surface area contributed by atoms with Gasteiger partial charge in [-0.25, -0.2) is 0 Å². The Morgan fingerprint density at radius 1 is 0.875 bits per heavy atom. The van der Waals surface area contributed by atoms with Crippen molar-refractivity contribution in [3.05, 3.63) is 59.7 Å². The fourth-order valence-corrected chi connectivity index (χ4v) is 1.69. The van der Waals surface area contributed by atoms with Crippen LogP contribution in [0, 0.1) is 0 Å². The van der Waals surface area contributed by atoms with Crippen molar-refractivity contribution in [3.63, 3.8) is 0 Å². The summed E-state index contributed by atoms with van der Waals surface area (Å²) in [7, 11) is 0. The van der Waals surface area contributed by atoms with Crippen LogP contribution in [-0.4, -0.2) is 5.11 Å². The monoisotopic (exact) mass is 213 g/mol. The number of anilines is 1. The average molecular weight is 213 g/mol. The molecule has 0 spiro atoms. The van der Waals surface area contributed by atoms with Crippen molar-refractivity contribution in [1.82, 2.24) is 0 Å². The van der Waals surface area contributed by atoms with Crippen LogP contribution in [-0.2, 0) is 12.8 Å². The van der Waals surface area contributed by atoms with E-state index in [1.54, 1.807) is 6.07 Å². The van der Waals surface area contributed by atoms with Crippen LogP contribution in [0.1, 0.15) is 11.1 Å². The van der Waals surface area contributed by atoms with Crippen molar-refractivity contribution in [2.24, 2.45) is 0 Å². The van der Waals surface area contributed by atoms with E-state index in [2.05, 4.69) is 0 Å². The Morgan fingerprint density at radius 3 is 2.25 bits per heavy atom. The molecule has 2 aromatic rings. The molecule has 0 saturated carbocycles. The van der Waals surface area contributed by atoms with Gasteiger partial charge in [-0.15, -0.1) is 0 Å². The molecular weight excluding hydrogens is 198 g/mol. The van der Waals surface area contributed by atoms with E-state index in [-0.39, 0.29) is 0 Å². The number of para-hydroxylation sites is 1. The molecule has 0 atom stereocenters. The number of rotatable bonds is 3. The van der Waals surface area contributed by atoms with Gasteiger partial charge in [0.2, 0.25) is 0 Å². The molecule has 16 heavy (non-hydrogen) atoms. The molecule has 2 aromatic carbocycles. The van der Waals surface area contributed by atoms with Crippen LogP contribution in [0.4, 0.5) is 5.69 Å². The molecule has 0 aliphatic heterocycles. The maximum atomic E-state index is 9.61. The highest BCUT2D eigenvalue weighted by Gasteiger charge is 2.00. The molecule has 2 nitrogen and oxygen atoms in total. The summed E-state index contributed by atoms with van der Waals surface area (Å²) in [4.78, 5) is 0. The number of phenols is 1. The minimum Gasteiger partial charge on any atom is -0.508 e. The van der Waals surface area contributed by atoms with E-state index in [9.17, 15) is 5.11 Å². The van der Waals surface area contributed by atoms with Crippen molar-refractivity contribution in [2.45, 2.75) is 12.8 Å². The van der Waals surface area contributed by atoms with Gasteiger partial charge in [0, 0.05) is 5.69 Å². The zero-order valence-corrected chi connectivity index (χ0v) is 9.06. The van der Waals surface area contributed by atoms with Gasteiger partial charge in [-0.2, -0.15) is 0 Å². The van der Waals surface area contributed by atoms with Gasteiger partial charge in [0.1, 0.15) is 5.75 Å². The van der Waals surface area contributed by atoms with E-state index in [0.29, 0.717) is 5.75 Å². The van der Waals surface area contributed by atoms with Crippen LogP contribution in [0.2, 0.25) is 0 Å². The highest BCUT2D eigenvalue weighted by molar-refractivity contribution is 5.40. The highest BCUT2D eigenvalue weighted by atomic mass is 16.3. The Bertz CT molecular complexity index is 462. The molecule has 0 bridgehead atoms. The van der Waals surface area contributed by atoms with Crippen molar-refractivity contribution < 1.29 is 5.11 Å². The number of aromatic hydroxyl groups is 1. The second-order valence-electron chi connectivity index (χ2n) is 3.87. The largest absolute Gasteiger partial charge is 0.508 e. The molecule has 3 N–H and O–H groups in total. The predicted octanol–water partition coefficient (Wildman–Crippen LogP) is 2.76. The van der Waals surface area contributed by atoms with E-state index in [4.69, 9.17) is 5.73 Å². The lowest BCUT2D eigenvalue weighted by Gasteiger charge is -2.04. The first kappa shape index (κ1) is 10.6. The van der Waals surface area contributed by atoms with Gasteiger partial charge in [0.25, 0.3) is 0 Å². The van der Waals surface area contributed by atoms with Gasteiger partial charge < -0.3 is 10.8 Å². The van der Waals surface area contributed by atoms with Gasteiger partial charge >= 0.3 is 0 Å². The summed E-state index contributed by atoms with van der Waals surface area (Å²) >= 11 is 0. The van der Waals surface area contributed by atoms with Crippen LogP contribution >= 0.6 is 0 Å². The second kappa shape index (κ2) is 4.71. The summed E-state index contributed by atoms with van der Waals surface area (Å²) in [6.45, 7) is 0. The third kappa shape index (κ3) is 2.54. The lowest BCUT2D eigenvalue weighted by Crippen LogP contribution is -1.92. The predicted molar refractivity (Wildman–Crippen MR) is 66.4 cm³/mol. The lowest BCUT2D eigenvalue weighted by atomic mass is 10.0. The van der Waals surface area contributed by atoms with Gasteiger partial charge in [-0.1, -0.05) is 30.3 Å². The molecule has 0 unspecified atom stereocenters. The molecule has 0 aliphatic rings. The normalized spacial score (nSPS) is 10.2. The highest BCUT2D eigenvalue weighted by Crippen LogP contribution is 2.18. The maximum Gasteiger partial charge on any atom is 0.118 e. The fraction of sp³-hybridized carbons (Fsp3) is 0.143. The van der Waals surface area contributed by atoms with Gasteiger partial charge in [0.15, 0.2) is 0 Å². The number of hydrogen-bond donors (Lipinski definition) is 2. The van der Waals surface area contributed by atoms with E-state index < -0.39 is 0 Å². The Hall–Kier alpha value is -1.96. The molecule has 2 rings (SSSR count). The summed E-state index contributed by atoms with van der Waals surface area (Å²) in [5, 5.41) is 9.61. The molecule has 2 heteroatoms. The minimum atomic E-state index is 0.373. The van der Waals surface area contributed by atoms with Crippen molar-refractivity contribution in [1.29, 1.82) is 0 Å². The molecule has 0 saturated heterocycles. The number of benzene rings is 2. The minimum absolute atomic E-state index is 0.373. The summed E-state index contributed by atoms with van der Waals surface area (Å²) in [6, 6.07) is 15.3. The van der Waals surface area contributed by atoms with E-state index in [0.717, 1.165) is 24.1 Å². The molecule has 0 heterocycles. The first-order chi connectivity index (χ1) is 7.75. The number of aryl methyl sites for hydroxylation is 2. The number of hydrogen-bond acceptors (Lipinski definition) is 2. The number of phenolic OH excluding ortho intramolecular Hbond substituents is 1. The molecule has 82 valence electrons. The summed E-state index contributed by atoms with van der Waals surface area (Å²) < 4.78 is 0. The van der Waals surface area contributed by atoms with Gasteiger partial charge in [-0.3, -0.25) is 0 Å². The van der Waals surface area contributed by atoms with Crippen LogP contribution in [0.15, 0.2) is 48.5 Å². The van der Waals surface area contributed by atoms with Gasteiger partial charge in [-0.05, 0) is 42.2 Å². The third-order valence-corrected chi connectivity index (χ3v) is 2.65. The second-order valence-corrected chi connectivity index (χ2v) is 3.87. The van der Waals surface area contributed by atoms with E-state index >= 15 is 0 Å². The Morgan fingerprint density at radius 2 is 1.56 bits per heavy atom. The smallest absolute Gasteiger partial charge is 0.118 e. The molecule has 0 aromatic heterocycles. The fourth-order valence-electron chi connectivity index (χ4n) is 1.69. The van der Waals surface area contributed by atoms with E-state index in [1.807, 2.05) is 42.5 Å². The first-order valence-electron chi connectivity index (χ1n) is 5.37. The number of nitrogens with two attached hydrogens (primary N) is 1. The molecule has 0 amide bonds. The van der Waals surface area contributed by atoms with Crippen LogP contribution < -0.4 is 5.73 Å². The van der Waals surface area contributed by atoms with Crippen LogP contribution in [0.5, 0.6) is 5.75 Å². The SMILES string of the molecule is Nc1ccc(CCc2ccccc2O)cc1. The zero-order chi connectivity index (χ0) is 11.4. The van der Waals surface area contributed by atoms with Crippen molar-refractivity contribution >= 4 is 5.69 Å². The summed E-state index contributed by atoms with van der Waals surface area (Å²) in [5.74, 6) is 0.373. The Labute approximate surface area is 95.4 Å². The van der Waals surface area contributed by atoms with Crippen molar-refractivity contribution in [2.75, 3.05) is 5.73 Å². The summed E-state index contributed by atoms with van der Waals surface area (Å²) in [6.07, 6.45) is 1.76. The standard InChI is InChI=1S/C14H15NO/c15-13-9-6-11(7-10-13)5-8-12-3-1-2-4-14(12)16/h1-4,6-7,9-10,16H,5,8,15H2. The molecular formula is C14H15NO. The molecule has 0 fully saturated rings. The average Bonchev–Trinajstić information content (AvgIpc) is 2.30. The van der Waals surface area contributed by atoms with Crippen LogP contribution in [0.3, 0.4) is 0 Å². The number of nitrogen functional groups attached to an aromatic ring is 1. The Kier molecular flexibility index (Phi) is 3.10. The van der Waals surface area contributed by atoms with Gasteiger partial charge in [0.05, 0.1) is 0 Å². The zero-order valence-electron chi connectivity index (χ0n) is 9.06. The van der Waals surface area contributed by atoms with Crippen molar-refractivity contribution in [3.8, 4) is 5.75 Å². The Balaban J connectivity index is 2.02. The lowest BCUT2D eigenvalue weighted by molar-refractivity contribution is 0.468. The molecule has 0 aliphatic carbocycles. The van der Waals surface area contributed by atoms with Crippen LogP contribution in [0.25, 0.3) is 0 Å².